The quantitative estimate of drug-likeness (QED) is 0.874. The zero-order valence-corrected chi connectivity index (χ0v) is 12.9. The number of carbonyl (C=O) groups excluding carboxylic acids is 1. The molecule has 2 unspecified atom stereocenters. The molecule has 6 heteroatoms. The van der Waals surface area contributed by atoms with Gasteiger partial charge in [-0.25, -0.2) is 4.79 Å². The lowest BCUT2D eigenvalue weighted by molar-refractivity contribution is -0.141. The van der Waals surface area contributed by atoms with Crippen molar-refractivity contribution in [1.82, 2.24) is 10.2 Å². The number of carboxylic acid groups (broad SMARTS) is 1. The van der Waals surface area contributed by atoms with Crippen LogP contribution in [-0.2, 0) is 4.79 Å². The Kier molecular flexibility index (Phi) is 5.25. The van der Waals surface area contributed by atoms with Crippen LogP contribution >= 0.6 is 0 Å². The van der Waals surface area contributed by atoms with Gasteiger partial charge in [0.1, 0.15) is 5.75 Å². The van der Waals surface area contributed by atoms with E-state index in [0.29, 0.717) is 19.6 Å². The second-order valence-electron chi connectivity index (χ2n) is 5.45. The molecule has 0 bridgehead atoms. The minimum Gasteiger partial charge on any atom is -0.494 e. The number of urea groups is 1. The van der Waals surface area contributed by atoms with E-state index < -0.39 is 11.9 Å². The standard InChI is InChI=1S/C16H22N2O4/c1-3-22-14-6-4-5-12(9-14)11(2)17-16(21)18-8-7-13(10-18)15(19)20/h4-6,9,11,13H,3,7-8,10H2,1-2H3,(H,17,21)(H,19,20). The van der Waals surface area contributed by atoms with Crippen LogP contribution < -0.4 is 10.1 Å². The number of hydrogen-bond acceptors (Lipinski definition) is 3. The van der Waals surface area contributed by atoms with Gasteiger partial charge in [0.2, 0.25) is 0 Å². The smallest absolute Gasteiger partial charge is 0.317 e. The summed E-state index contributed by atoms with van der Waals surface area (Å²) >= 11 is 0. The van der Waals surface area contributed by atoms with E-state index in [1.807, 2.05) is 38.1 Å². The van der Waals surface area contributed by atoms with Crippen molar-refractivity contribution in [3.63, 3.8) is 0 Å². The number of aliphatic carboxylic acids is 1. The molecular formula is C16H22N2O4. The Morgan fingerprint density at radius 2 is 2.27 bits per heavy atom. The highest BCUT2D eigenvalue weighted by atomic mass is 16.5. The van der Waals surface area contributed by atoms with Crippen molar-refractivity contribution in [3.8, 4) is 5.75 Å². The number of benzene rings is 1. The van der Waals surface area contributed by atoms with E-state index in [0.717, 1.165) is 11.3 Å². The molecule has 0 saturated carbocycles. The van der Waals surface area contributed by atoms with Crippen molar-refractivity contribution < 1.29 is 19.4 Å². The van der Waals surface area contributed by atoms with Crippen molar-refractivity contribution in [2.45, 2.75) is 26.3 Å². The highest BCUT2D eigenvalue weighted by Gasteiger charge is 2.31. The second-order valence-corrected chi connectivity index (χ2v) is 5.45. The summed E-state index contributed by atoms with van der Waals surface area (Å²) in [7, 11) is 0. The van der Waals surface area contributed by atoms with E-state index in [9.17, 15) is 9.59 Å². The van der Waals surface area contributed by atoms with E-state index in [1.54, 1.807) is 4.90 Å². The van der Waals surface area contributed by atoms with E-state index in [2.05, 4.69) is 5.32 Å². The second kappa shape index (κ2) is 7.15. The molecule has 22 heavy (non-hydrogen) atoms. The number of carbonyl (C=O) groups is 2. The first kappa shape index (κ1) is 16.1. The van der Waals surface area contributed by atoms with Crippen LogP contribution in [0.5, 0.6) is 5.75 Å². The van der Waals surface area contributed by atoms with E-state index in [1.165, 1.54) is 0 Å². The van der Waals surface area contributed by atoms with Crippen LogP contribution in [0.3, 0.4) is 0 Å². The zero-order chi connectivity index (χ0) is 16.1. The summed E-state index contributed by atoms with van der Waals surface area (Å²) in [5, 5.41) is 11.9. The topological polar surface area (TPSA) is 78.9 Å². The van der Waals surface area contributed by atoms with Crippen molar-refractivity contribution in [2.75, 3.05) is 19.7 Å². The minimum absolute atomic E-state index is 0.170. The molecular weight excluding hydrogens is 284 g/mol. The maximum atomic E-state index is 12.2. The molecule has 120 valence electrons. The molecule has 1 aliphatic heterocycles. The lowest BCUT2D eigenvalue weighted by atomic mass is 10.1. The molecule has 1 fully saturated rings. The lowest BCUT2D eigenvalue weighted by Crippen LogP contribution is -2.40. The van der Waals surface area contributed by atoms with Crippen molar-refractivity contribution in [1.29, 1.82) is 0 Å². The average molecular weight is 306 g/mol. The van der Waals surface area contributed by atoms with E-state index >= 15 is 0 Å². The highest BCUT2D eigenvalue weighted by Crippen LogP contribution is 2.21. The summed E-state index contributed by atoms with van der Waals surface area (Å²) in [6, 6.07) is 7.20. The predicted octanol–water partition coefficient (Wildman–Crippen LogP) is 2.26. The first-order chi connectivity index (χ1) is 10.5. The Balaban J connectivity index is 1.94. The van der Waals surface area contributed by atoms with Gasteiger partial charge in [-0.3, -0.25) is 4.79 Å². The molecule has 0 aromatic heterocycles. The maximum absolute atomic E-state index is 12.2. The fourth-order valence-corrected chi connectivity index (χ4v) is 2.55. The first-order valence-electron chi connectivity index (χ1n) is 7.52. The highest BCUT2D eigenvalue weighted by molar-refractivity contribution is 5.77. The van der Waals surface area contributed by atoms with Crippen LogP contribution in [0.2, 0.25) is 0 Å². The monoisotopic (exact) mass is 306 g/mol. The Bertz CT molecular complexity index is 547. The van der Waals surface area contributed by atoms with E-state index in [4.69, 9.17) is 9.84 Å². The van der Waals surface area contributed by atoms with Gasteiger partial charge in [0.25, 0.3) is 0 Å². The number of rotatable bonds is 5. The summed E-state index contributed by atoms with van der Waals surface area (Å²) < 4.78 is 5.45. The van der Waals surface area contributed by atoms with Crippen LogP contribution in [0.25, 0.3) is 0 Å². The predicted molar refractivity (Wildman–Crippen MR) is 81.9 cm³/mol. The summed E-state index contributed by atoms with van der Waals surface area (Å²) in [5.41, 5.74) is 0.952. The number of hydrogen-bond donors (Lipinski definition) is 2. The fraction of sp³-hybridized carbons (Fsp3) is 0.500. The van der Waals surface area contributed by atoms with E-state index in [-0.39, 0.29) is 18.6 Å². The molecule has 1 heterocycles. The van der Waals surface area contributed by atoms with Gasteiger partial charge in [0.15, 0.2) is 0 Å². The molecule has 1 aromatic carbocycles. The van der Waals surface area contributed by atoms with Crippen LogP contribution in [0, 0.1) is 5.92 Å². The Morgan fingerprint density at radius 1 is 1.50 bits per heavy atom. The molecule has 6 nitrogen and oxygen atoms in total. The Morgan fingerprint density at radius 3 is 2.91 bits per heavy atom. The third kappa shape index (κ3) is 3.90. The number of ether oxygens (including phenoxy) is 1. The average Bonchev–Trinajstić information content (AvgIpc) is 2.98. The molecule has 0 aliphatic carbocycles. The molecule has 0 spiro atoms. The SMILES string of the molecule is CCOc1cccc(C(C)NC(=O)N2CCC(C(=O)O)C2)c1. The third-order valence-corrected chi connectivity index (χ3v) is 3.83. The summed E-state index contributed by atoms with van der Waals surface area (Å²) in [5.74, 6) is -0.525. The van der Waals surface area contributed by atoms with Gasteiger partial charge in [0.05, 0.1) is 18.6 Å². The normalized spacial score (nSPS) is 18.8. The Labute approximate surface area is 130 Å². The maximum Gasteiger partial charge on any atom is 0.317 e. The summed E-state index contributed by atoms with van der Waals surface area (Å²) in [4.78, 5) is 24.7. The number of nitrogens with one attached hydrogen (secondary N) is 1. The number of nitrogens with zero attached hydrogens (tertiary/aromatic N) is 1. The third-order valence-electron chi connectivity index (χ3n) is 3.83. The van der Waals surface area contributed by atoms with Gasteiger partial charge >= 0.3 is 12.0 Å². The zero-order valence-electron chi connectivity index (χ0n) is 12.9. The first-order valence-corrected chi connectivity index (χ1v) is 7.52. The molecule has 2 N–H and O–H groups in total. The largest absolute Gasteiger partial charge is 0.494 e. The van der Waals surface area contributed by atoms with Crippen molar-refractivity contribution >= 4 is 12.0 Å². The molecule has 0 radical (unpaired) electrons. The van der Waals surface area contributed by atoms with Gasteiger partial charge in [-0.15, -0.1) is 0 Å². The van der Waals surface area contributed by atoms with Crippen LogP contribution in [0.15, 0.2) is 24.3 Å². The van der Waals surface area contributed by atoms with Gasteiger partial charge in [-0.2, -0.15) is 0 Å². The molecule has 2 atom stereocenters. The molecule has 2 rings (SSSR count). The minimum atomic E-state index is -0.840. The summed E-state index contributed by atoms with van der Waals surface area (Å²) in [6.45, 7) is 5.16. The fourth-order valence-electron chi connectivity index (χ4n) is 2.55. The van der Waals surface area contributed by atoms with Gasteiger partial charge < -0.3 is 20.1 Å². The van der Waals surface area contributed by atoms with Crippen LogP contribution in [0.4, 0.5) is 4.79 Å². The van der Waals surface area contributed by atoms with Gasteiger partial charge in [-0.05, 0) is 38.0 Å². The Hall–Kier alpha value is -2.24. The summed E-state index contributed by atoms with van der Waals surface area (Å²) in [6.07, 6.45) is 0.511. The van der Waals surface area contributed by atoms with Gasteiger partial charge in [-0.1, -0.05) is 12.1 Å². The molecule has 2 amide bonds. The van der Waals surface area contributed by atoms with Crippen molar-refractivity contribution in [2.24, 2.45) is 5.92 Å². The molecule has 1 saturated heterocycles. The number of carboxylic acids is 1. The van der Waals surface area contributed by atoms with Crippen LogP contribution in [0.1, 0.15) is 31.9 Å². The van der Waals surface area contributed by atoms with Crippen molar-refractivity contribution in [3.05, 3.63) is 29.8 Å². The molecule has 1 aromatic rings. The number of amides is 2. The van der Waals surface area contributed by atoms with Gasteiger partial charge in [0, 0.05) is 13.1 Å². The lowest BCUT2D eigenvalue weighted by Gasteiger charge is -2.21. The number of likely N-dealkylation sites (tertiary alicyclic amines) is 1. The molecule has 1 aliphatic rings. The van der Waals surface area contributed by atoms with Crippen LogP contribution in [-0.4, -0.2) is 41.7 Å².